The lowest BCUT2D eigenvalue weighted by atomic mass is 10.4. The molecule has 0 aromatic carbocycles. The number of esters is 1. The fourth-order valence-electron chi connectivity index (χ4n) is 1.05. The van der Waals surface area contributed by atoms with Crippen LogP contribution < -0.4 is 0 Å². The quantitative estimate of drug-likeness (QED) is 0.453. The highest BCUT2D eigenvalue weighted by Gasteiger charge is 2.07. The minimum Gasteiger partial charge on any atom is -0.463 e. The van der Waals surface area contributed by atoms with Crippen LogP contribution in [0.15, 0.2) is 12.4 Å². The summed E-state index contributed by atoms with van der Waals surface area (Å²) in [5, 5.41) is 0. The molecular weight excluding hydrogens is 268 g/mol. The van der Waals surface area contributed by atoms with Gasteiger partial charge in [-0.05, 0) is 20.8 Å². The zero-order chi connectivity index (χ0) is 15.8. The molecule has 0 saturated heterocycles. The van der Waals surface area contributed by atoms with Crippen LogP contribution in [0.4, 0.5) is 0 Å². The van der Waals surface area contributed by atoms with E-state index in [1.165, 1.54) is 6.92 Å². The number of aromatic nitrogens is 2. The lowest BCUT2D eigenvalue weighted by molar-refractivity contribution is -0.144. The Kier molecular flexibility index (Phi) is 7.78. The summed E-state index contributed by atoms with van der Waals surface area (Å²) in [5.74, 6) is 3.68. The average molecular weight is 292 g/mol. The van der Waals surface area contributed by atoms with Gasteiger partial charge in [-0.1, -0.05) is 25.6 Å². The van der Waals surface area contributed by atoms with Crippen LogP contribution in [0.1, 0.15) is 32.2 Å². The highest BCUT2D eigenvalue weighted by molar-refractivity contribution is 6.83. The molecule has 5 heteroatoms. The van der Waals surface area contributed by atoms with Crippen molar-refractivity contribution < 1.29 is 9.53 Å². The number of aryl methyl sites for hydroxylation is 1. The van der Waals surface area contributed by atoms with Gasteiger partial charge in [0.25, 0.3) is 0 Å². The summed E-state index contributed by atoms with van der Waals surface area (Å²) in [4.78, 5) is 18.2. The topological polar surface area (TPSA) is 52.1 Å². The second-order valence-corrected chi connectivity index (χ2v) is 10.4. The molecule has 0 bridgehead atoms. The standard InChI is InChI=1S/C10H14N2Si.C5H10O2/c1-9-11-7-10(8-12-9)5-6-13(2,3)4;1-4(2)7-5(3)6/h7-8H,1-4H3;4H,1-3H3. The van der Waals surface area contributed by atoms with Gasteiger partial charge in [0, 0.05) is 19.3 Å². The van der Waals surface area contributed by atoms with Gasteiger partial charge in [0.2, 0.25) is 0 Å². The van der Waals surface area contributed by atoms with Gasteiger partial charge in [-0.3, -0.25) is 4.79 Å². The van der Waals surface area contributed by atoms with Crippen LogP contribution in [-0.2, 0) is 9.53 Å². The summed E-state index contributed by atoms with van der Waals surface area (Å²) in [6, 6.07) is 0. The van der Waals surface area contributed by atoms with E-state index >= 15 is 0 Å². The third-order valence-corrected chi connectivity index (χ3v) is 2.64. The molecule has 1 heterocycles. The van der Waals surface area contributed by atoms with Crippen molar-refractivity contribution in [3.63, 3.8) is 0 Å². The Morgan fingerprint density at radius 2 is 1.75 bits per heavy atom. The molecule has 0 N–H and O–H groups in total. The Labute approximate surface area is 123 Å². The first kappa shape index (κ1) is 18.3. The van der Waals surface area contributed by atoms with E-state index in [0.29, 0.717) is 0 Å². The molecule has 1 rings (SSSR count). The molecule has 0 spiro atoms. The van der Waals surface area contributed by atoms with Crippen LogP contribution in [0, 0.1) is 18.4 Å². The SMILES string of the molecule is CC(=O)OC(C)C.Cc1ncc(C#C[Si](C)(C)C)cn1. The fraction of sp³-hybridized carbons (Fsp3) is 0.533. The first-order chi connectivity index (χ1) is 9.10. The highest BCUT2D eigenvalue weighted by atomic mass is 28.3. The van der Waals surface area contributed by atoms with Crippen LogP contribution in [0.25, 0.3) is 0 Å². The van der Waals surface area contributed by atoms with Gasteiger partial charge >= 0.3 is 5.97 Å². The van der Waals surface area contributed by atoms with Gasteiger partial charge in [0.05, 0.1) is 11.7 Å². The van der Waals surface area contributed by atoms with E-state index in [4.69, 9.17) is 0 Å². The van der Waals surface area contributed by atoms with Gasteiger partial charge in [-0.25, -0.2) is 9.97 Å². The summed E-state index contributed by atoms with van der Waals surface area (Å²) in [6.07, 6.45) is 3.57. The van der Waals surface area contributed by atoms with Crippen LogP contribution in [0.2, 0.25) is 19.6 Å². The van der Waals surface area contributed by atoms with E-state index in [9.17, 15) is 4.79 Å². The monoisotopic (exact) mass is 292 g/mol. The van der Waals surface area contributed by atoms with Gasteiger partial charge in [-0.15, -0.1) is 5.54 Å². The molecule has 1 aromatic rings. The zero-order valence-corrected chi connectivity index (χ0v) is 14.4. The first-order valence-electron chi connectivity index (χ1n) is 6.59. The van der Waals surface area contributed by atoms with Gasteiger partial charge in [0.1, 0.15) is 13.9 Å². The Bertz CT molecular complexity index is 479. The maximum Gasteiger partial charge on any atom is 0.302 e. The van der Waals surface area contributed by atoms with E-state index in [0.717, 1.165) is 11.4 Å². The number of ether oxygens (including phenoxy) is 1. The number of carbonyl (C=O) groups is 1. The molecule has 0 amide bonds. The summed E-state index contributed by atoms with van der Waals surface area (Å²) in [5.41, 5.74) is 4.18. The number of carbonyl (C=O) groups excluding carboxylic acids is 1. The maximum absolute atomic E-state index is 10.0. The van der Waals surface area contributed by atoms with Crippen molar-refractivity contribution in [1.82, 2.24) is 9.97 Å². The number of rotatable bonds is 1. The van der Waals surface area contributed by atoms with Crippen LogP contribution in [0.3, 0.4) is 0 Å². The van der Waals surface area contributed by atoms with Crippen molar-refractivity contribution >= 4 is 14.0 Å². The lowest BCUT2D eigenvalue weighted by Gasteiger charge is -2.02. The molecule has 0 aliphatic rings. The molecule has 0 radical (unpaired) electrons. The second kappa shape index (κ2) is 8.49. The predicted octanol–water partition coefficient (Wildman–Crippen LogP) is 2.97. The molecule has 0 aliphatic heterocycles. The molecule has 0 saturated carbocycles. The van der Waals surface area contributed by atoms with Crippen molar-refractivity contribution in [3.8, 4) is 11.5 Å². The third kappa shape index (κ3) is 11.4. The van der Waals surface area contributed by atoms with Crippen molar-refractivity contribution in [2.75, 3.05) is 0 Å². The van der Waals surface area contributed by atoms with E-state index in [1.54, 1.807) is 12.4 Å². The molecule has 0 unspecified atom stereocenters. The summed E-state index contributed by atoms with van der Waals surface area (Å²) < 4.78 is 4.61. The Balaban J connectivity index is 0.000000441. The van der Waals surface area contributed by atoms with Gasteiger partial charge in [0.15, 0.2) is 0 Å². The largest absolute Gasteiger partial charge is 0.463 e. The van der Waals surface area contributed by atoms with Crippen LogP contribution in [-0.4, -0.2) is 30.1 Å². The van der Waals surface area contributed by atoms with E-state index in [2.05, 4.69) is 45.8 Å². The normalized spacial score (nSPS) is 10.0. The minimum absolute atomic E-state index is 0.0255. The number of nitrogens with zero attached hydrogens (tertiary/aromatic N) is 2. The van der Waals surface area contributed by atoms with E-state index in [1.807, 2.05) is 20.8 Å². The van der Waals surface area contributed by atoms with E-state index in [-0.39, 0.29) is 12.1 Å². The summed E-state index contributed by atoms with van der Waals surface area (Å²) in [7, 11) is -1.27. The highest BCUT2D eigenvalue weighted by Crippen LogP contribution is 1.98. The van der Waals surface area contributed by atoms with Crippen molar-refractivity contribution in [1.29, 1.82) is 0 Å². The van der Waals surface area contributed by atoms with Gasteiger partial charge < -0.3 is 4.74 Å². The summed E-state index contributed by atoms with van der Waals surface area (Å²) >= 11 is 0. The number of hydrogen-bond acceptors (Lipinski definition) is 4. The number of hydrogen-bond donors (Lipinski definition) is 0. The molecule has 1 aromatic heterocycles. The predicted molar refractivity (Wildman–Crippen MR) is 83.9 cm³/mol. The van der Waals surface area contributed by atoms with Gasteiger partial charge in [-0.2, -0.15) is 0 Å². The molecule has 0 fully saturated rings. The Morgan fingerprint density at radius 3 is 2.05 bits per heavy atom. The molecule has 20 heavy (non-hydrogen) atoms. The molecule has 0 aliphatic carbocycles. The average Bonchev–Trinajstić information content (AvgIpc) is 2.26. The van der Waals surface area contributed by atoms with E-state index < -0.39 is 8.07 Å². The second-order valence-electron chi connectivity index (χ2n) is 5.68. The Hall–Kier alpha value is -1.67. The zero-order valence-electron chi connectivity index (χ0n) is 13.4. The Morgan fingerprint density at radius 1 is 1.25 bits per heavy atom. The molecular formula is C15H24N2O2Si. The summed E-state index contributed by atoms with van der Waals surface area (Å²) in [6.45, 7) is 13.6. The molecule has 0 atom stereocenters. The first-order valence-corrected chi connectivity index (χ1v) is 10.1. The smallest absolute Gasteiger partial charge is 0.302 e. The minimum atomic E-state index is -1.27. The van der Waals surface area contributed by atoms with Crippen LogP contribution >= 0.6 is 0 Å². The molecule has 4 nitrogen and oxygen atoms in total. The fourth-order valence-corrected chi connectivity index (χ4v) is 1.57. The maximum atomic E-state index is 10.0. The third-order valence-electron chi connectivity index (χ3n) is 1.76. The lowest BCUT2D eigenvalue weighted by Crippen LogP contribution is -2.16. The van der Waals surface area contributed by atoms with Crippen molar-refractivity contribution in [2.24, 2.45) is 0 Å². The van der Waals surface area contributed by atoms with Crippen molar-refractivity contribution in [2.45, 2.75) is 53.4 Å². The van der Waals surface area contributed by atoms with Crippen molar-refractivity contribution in [3.05, 3.63) is 23.8 Å². The van der Waals surface area contributed by atoms with Crippen LogP contribution in [0.5, 0.6) is 0 Å². The molecule has 110 valence electrons.